The number of aromatic amines is 1. The number of fused-ring (bicyclic) bond motifs is 1. The van der Waals surface area contributed by atoms with Crippen LogP contribution in [0.2, 0.25) is 0 Å². The number of hydrogen-bond acceptors (Lipinski definition) is 3. The molecule has 0 aliphatic carbocycles. The summed E-state index contributed by atoms with van der Waals surface area (Å²) in [6, 6.07) is 20.0. The molecule has 1 aliphatic heterocycles. The van der Waals surface area contributed by atoms with Gasteiger partial charge in [-0.3, -0.25) is 9.89 Å². The van der Waals surface area contributed by atoms with Crippen LogP contribution in [0.1, 0.15) is 55.5 Å². The molecule has 2 N–H and O–H groups in total. The number of amides is 1. The molecular formula is C28H27N3O2. The van der Waals surface area contributed by atoms with Crippen LogP contribution in [0.5, 0.6) is 5.75 Å². The molecule has 4 aromatic rings. The van der Waals surface area contributed by atoms with Gasteiger partial charge in [-0.25, -0.2) is 0 Å². The number of carbonyl (C=O) groups excluding carboxylic acids is 1. The van der Waals surface area contributed by atoms with Crippen LogP contribution >= 0.6 is 0 Å². The number of hydrogen-bond donors (Lipinski definition) is 2. The van der Waals surface area contributed by atoms with Crippen LogP contribution in [-0.4, -0.2) is 26.1 Å². The number of aromatic hydroxyl groups is 1. The van der Waals surface area contributed by atoms with E-state index in [0.29, 0.717) is 23.5 Å². The molecule has 3 aromatic carbocycles. The van der Waals surface area contributed by atoms with Crippen molar-refractivity contribution in [3.8, 4) is 17.0 Å². The van der Waals surface area contributed by atoms with Gasteiger partial charge in [0.05, 0.1) is 6.04 Å². The summed E-state index contributed by atoms with van der Waals surface area (Å²) in [5, 5.41) is 18.3. The molecule has 1 aliphatic rings. The van der Waals surface area contributed by atoms with E-state index in [2.05, 4.69) is 72.6 Å². The molecule has 0 radical (unpaired) electrons. The molecule has 0 bridgehead atoms. The van der Waals surface area contributed by atoms with Crippen molar-refractivity contribution in [2.75, 3.05) is 0 Å². The minimum Gasteiger partial charge on any atom is -0.507 e. The summed E-state index contributed by atoms with van der Waals surface area (Å²) in [5.41, 5.74) is 8.94. The molecule has 2 heterocycles. The number of carbonyl (C=O) groups is 1. The van der Waals surface area contributed by atoms with E-state index in [1.807, 2.05) is 24.8 Å². The highest BCUT2D eigenvalue weighted by Gasteiger charge is 2.42. The van der Waals surface area contributed by atoms with Gasteiger partial charge in [0.1, 0.15) is 17.1 Å². The first-order valence-electron chi connectivity index (χ1n) is 11.2. The summed E-state index contributed by atoms with van der Waals surface area (Å²) in [4.78, 5) is 15.5. The van der Waals surface area contributed by atoms with E-state index in [1.54, 1.807) is 6.07 Å². The summed E-state index contributed by atoms with van der Waals surface area (Å²) in [6.07, 6.45) is 0. The number of nitrogens with one attached hydrogen (secondary N) is 1. The van der Waals surface area contributed by atoms with E-state index in [-0.39, 0.29) is 17.7 Å². The second kappa shape index (κ2) is 7.93. The van der Waals surface area contributed by atoms with Crippen molar-refractivity contribution in [3.05, 3.63) is 105 Å². The first kappa shape index (κ1) is 21.0. The molecular weight excluding hydrogens is 410 g/mol. The fraction of sp³-hybridized carbons (Fsp3) is 0.214. The van der Waals surface area contributed by atoms with Crippen molar-refractivity contribution in [1.82, 2.24) is 15.1 Å². The van der Waals surface area contributed by atoms with Gasteiger partial charge in [0.15, 0.2) is 0 Å². The van der Waals surface area contributed by atoms with Gasteiger partial charge in [0.25, 0.3) is 5.91 Å². The quantitative estimate of drug-likeness (QED) is 0.426. The molecule has 5 nitrogen and oxygen atoms in total. The molecule has 0 spiro atoms. The molecule has 1 atom stereocenters. The molecule has 5 rings (SSSR count). The number of H-pyrrole nitrogens is 1. The summed E-state index contributed by atoms with van der Waals surface area (Å²) in [7, 11) is 0. The zero-order valence-corrected chi connectivity index (χ0v) is 19.3. The summed E-state index contributed by atoms with van der Waals surface area (Å²) >= 11 is 0. The smallest absolute Gasteiger partial charge is 0.273 e. The van der Waals surface area contributed by atoms with E-state index >= 15 is 0 Å². The van der Waals surface area contributed by atoms with Crippen LogP contribution in [0.15, 0.2) is 60.7 Å². The fourth-order valence-corrected chi connectivity index (χ4v) is 4.79. The lowest BCUT2D eigenvalue weighted by Gasteiger charge is -2.27. The van der Waals surface area contributed by atoms with Crippen molar-refractivity contribution in [2.24, 2.45) is 0 Å². The highest BCUT2D eigenvalue weighted by Crippen LogP contribution is 2.46. The molecule has 1 unspecified atom stereocenters. The third-order valence-electron chi connectivity index (χ3n) is 6.43. The lowest BCUT2D eigenvalue weighted by molar-refractivity contribution is 0.0730. The van der Waals surface area contributed by atoms with Crippen LogP contribution in [0.3, 0.4) is 0 Å². The number of rotatable bonds is 4. The summed E-state index contributed by atoms with van der Waals surface area (Å²) in [6.45, 7) is 8.51. The number of benzene rings is 3. The first-order chi connectivity index (χ1) is 15.8. The van der Waals surface area contributed by atoms with Crippen molar-refractivity contribution in [1.29, 1.82) is 0 Å². The van der Waals surface area contributed by atoms with Gasteiger partial charge in [-0.05, 0) is 56.0 Å². The largest absolute Gasteiger partial charge is 0.507 e. The van der Waals surface area contributed by atoms with Crippen LogP contribution in [0, 0.1) is 27.7 Å². The molecule has 0 fully saturated rings. The Morgan fingerprint density at radius 3 is 2.18 bits per heavy atom. The summed E-state index contributed by atoms with van der Waals surface area (Å²) < 4.78 is 0. The lowest BCUT2D eigenvalue weighted by atomic mass is 9.92. The minimum absolute atomic E-state index is 0.0841. The molecule has 0 saturated heterocycles. The Hall–Kier alpha value is -3.86. The zero-order chi connectivity index (χ0) is 23.3. The minimum atomic E-state index is -0.303. The van der Waals surface area contributed by atoms with Gasteiger partial charge in [0.2, 0.25) is 0 Å². The maximum absolute atomic E-state index is 13.6. The highest BCUT2D eigenvalue weighted by atomic mass is 16.3. The third-order valence-corrected chi connectivity index (χ3v) is 6.43. The SMILES string of the molecule is Cc1ccc(CN2C(=O)c3[nH]nc(-c4c(C)cc(C)cc4O)c3C2c2ccc(C)cc2)cc1. The van der Waals surface area contributed by atoms with Crippen LogP contribution in [-0.2, 0) is 6.54 Å². The first-order valence-corrected chi connectivity index (χ1v) is 11.2. The number of phenolic OH excluding ortho intramolecular Hbond substituents is 1. The number of nitrogens with zero attached hydrogens (tertiary/aromatic N) is 2. The van der Waals surface area contributed by atoms with Crippen molar-refractivity contribution in [3.63, 3.8) is 0 Å². The highest BCUT2D eigenvalue weighted by molar-refractivity contribution is 6.00. The monoisotopic (exact) mass is 437 g/mol. The predicted molar refractivity (Wildman–Crippen MR) is 129 cm³/mol. The van der Waals surface area contributed by atoms with Gasteiger partial charge < -0.3 is 10.0 Å². The van der Waals surface area contributed by atoms with Crippen LogP contribution in [0.25, 0.3) is 11.3 Å². The number of aryl methyl sites for hydroxylation is 4. The molecule has 166 valence electrons. The molecule has 33 heavy (non-hydrogen) atoms. The fourth-order valence-electron chi connectivity index (χ4n) is 4.79. The van der Waals surface area contributed by atoms with Gasteiger partial charge in [0, 0.05) is 17.7 Å². The molecule has 1 amide bonds. The van der Waals surface area contributed by atoms with Crippen LogP contribution < -0.4 is 0 Å². The summed E-state index contributed by atoms with van der Waals surface area (Å²) in [5.74, 6) is 0.0908. The van der Waals surface area contributed by atoms with Crippen molar-refractivity contribution in [2.45, 2.75) is 40.3 Å². The van der Waals surface area contributed by atoms with Crippen molar-refractivity contribution < 1.29 is 9.90 Å². The maximum Gasteiger partial charge on any atom is 0.273 e. The Morgan fingerprint density at radius 2 is 1.55 bits per heavy atom. The molecule has 1 aromatic heterocycles. The second-order valence-corrected chi connectivity index (χ2v) is 9.07. The normalized spacial score (nSPS) is 15.2. The number of aromatic nitrogens is 2. The average molecular weight is 438 g/mol. The van der Waals surface area contributed by atoms with Gasteiger partial charge in [-0.15, -0.1) is 0 Å². The topological polar surface area (TPSA) is 69.2 Å². The van der Waals surface area contributed by atoms with Gasteiger partial charge >= 0.3 is 0 Å². The van der Waals surface area contributed by atoms with Crippen molar-refractivity contribution >= 4 is 5.91 Å². The van der Waals surface area contributed by atoms with Crippen LogP contribution in [0.4, 0.5) is 0 Å². The van der Waals surface area contributed by atoms with Gasteiger partial charge in [-0.2, -0.15) is 5.10 Å². The molecule has 5 heteroatoms. The second-order valence-electron chi connectivity index (χ2n) is 9.07. The third kappa shape index (κ3) is 3.59. The lowest BCUT2D eigenvalue weighted by Crippen LogP contribution is -2.29. The Balaban J connectivity index is 1.68. The average Bonchev–Trinajstić information content (AvgIpc) is 3.29. The Labute approximate surface area is 193 Å². The zero-order valence-electron chi connectivity index (χ0n) is 19.3. The Kier molecular flexibility index (Phi) is 5.05. The Bertz CT molecular complexity index is 1330. The van der Waals surface area contributed by atoms with E-state index < -0.39 is 0 Å². The number of phenols is 1. The van der Waals surface area contributed by atoms with E-state index in [4.69, 9.17) is 0 Å². The van der Waals surface area contributed by atoms with E-state index in [9.17, 15) is 9.90 Å². The van der Waals surface area contributed by atoms with Gasteiger partial charge in [-0.1, -0.05) is 65.7 Å². The van der Waals surface area contributed by atoms with E-state index in [1.165, 1.54) is 5.56 Å². The predicted octanol–water partition coefficient (Wildman–Crippen LogP) is 5.76. The standard InChI is InChI=1S/C28H27N3O2/c1-16-5-9-20(10-6-16)15-31-27(21-11-7-17(2)8-12-21)24-25(29-30-26(24)28(31)33)23-19(4)13-18(3)14-22(23)32/h5-14,27,32H,15H2,1-4H3,(H,29,30). The van der Waals surface area contributed by atoms with E-state index in [0.717, 1.165) is 33.4 Å². The Morgan fingerprint density at radius 1 is 0.909 bits per heavy atom. The molecule has 0 saturated carbocycles. The maximum atomic E-state index is 13.6.